The van der Waals surface area contributed by atoms with Gasteiger partial charge in [-0.15, -0.1) is 0 Å². The molecule has 0 spiro atoms. The number of aromatic nitrogens is 3. The van der Waals surface area contributed by atoms with Gasteiger partial charge in [-0.2, -0.15) is 0 Å². The first-order valence-electron chi connectivity index (χ1n) is 5.72. The molecular formula is C11H12IN3O4. The standard InChI is InChI=1S/C11H12IN3O4/c12-6-2-15(10-5(6)1-13-4-14-10)11-9(18)8(17)7(3-16)19-11/h1-2,4,7-9,11,16-18H,3H2. The number of fused-ring (bicyclic) bond motifs is 1. The SMILES string of the molecule is OCC1OC(n2cc(I)c3cncnc32)C(O)C1O. The Labute approximate surface area is 122 Å². The van der Waals surface area contributed by atoms with Gasteiger partial charge in [0.15, 0.2) is 6.23 Å². The molecular weight excluding hydrogens is 365 g/mol. The van der Waals surface area contributed by atoms with Crippen LogP contribution in [0.25, 0.3) is 11.0 Å². The Morgan fingerprint density at radius 2 is 2.16 bits per heavy atom. The number of ether oxygens (including phenoxy) is 1. The van der Waals surface area contributed by atoms with Crippen LogP contribution in [0.2, 0.25) is 0 Å². The van der Waals surface area contributed by atoms with Crippen molar-refractivity contribution >= 4 is 33.6 Å². The van der Waals surface area contributed by atoms with Gasteiger partial charge in [-0.1, -0.05) is 0 Å². The van der Waals surface area contributed by atoms with Gasteiger partial charge >= 0.3 is 0 Å². The van der Waals surface area contributed by atoms with E-state index in [1.165, 1.54) is 6.33 Å². The second kappa shape index (κ2) is 4.94. The lowest BCUT2D eigenvalue weighted by molar-refractivity contribution is -0.0509. The predicted octanol–water partition coefficient (Wildman–Crippen LogP) is -0.353. The molecule has 4 atom stereocenters. The van der Waals surface area contributed by atoms with E-state index in [2.05, 4.69) is 32.6 Å². The molecule has 0 saturated carbocycles. The van der Waals surface area contributed by atoms with Crippen LogP contribution < -0.4 is 0 Å². The summed E-state index contributed by atoms with van der Waals surface area (Å²) < 4.78 is 8.07. The van der Waals surface area contributed by atoms with Crippen molar-refractivity contribution in [2.75, 3.05) is 6.61 Å². The van der Waals surface area contributed by atoms with Crippen molar-refractivity contribution in [3.8, 4) is 0 Å². The third-order valence-corrected chi connectivity index (χ3v) is 4.10. The minimum absolute atomic E-state index is 0.347. The first-order chi connectivity index (χ1) is 9.13. The summed E-state index contributed by atoms with van der Waals surface area (Å²) in [6.45, 7) is -0.347. The van der Waals surface area contributed by atoms with Gasteiger partial charge in [0, 0.05) is 16.0 Å². The van der Waals surface area contributed by atoms with E-state index in [4.69, 9.17) is 9.84 Å². The minimum Gasteiger partial charge on any atom is -0.394 e. The fourth-order valence-corrected chi connectivity index (χ4v) is 2.93. The highest BCUT2D eigenvalue weighted by Crippen LogP contribution is 2.33. The molecule has 102 valence electrons. The van der Waals surface area contributed by atoms with Crippen molar-refractivity contribution in [2.24, 2.45) is 0 Å². The third-order valence-electron chi connectivity index (χ3n) is 3.24. The van der Waals surface area contributed by atoms with E-state index in [0.717, 1.165) is 8.96 Å². The number of hydrogen-bond acceptors (Lipinski definition) is 6. The second-order valence-corrected chi connectivity index (χ2v) is 5.54. The Kier molecular flexibility index (Phi) is 3.43. The fraction of sp³-hybridized carbons (Fsp3) is 0.455. The molecule has 3 rings (SSSR count). The summed E-state index contributed by atoms with van der Waals surface area (Å²) in [6, 6.07) is 0. The van der Waals surface area contributed by atoms with Gasteiger partial charge in [-0.05, 0) is 22.6 Å². The number of aliphatic hydroxyl groups is 3. The Balaban J connectivity index is 2.06. The lowest BCUT2D eigenvalue weighted by Crippen LogP contribution is -2.33. The number of hydrogen-bond donors (Lipinski definition) is 3. The van der Waals surface area contributed by atoms with Crippen LogP contribution in [0, 0.1) is 3.57 Å². The van der Waals surface area contributed by atoms with E-state index in [9.17, 15) is 10.2 Å². The first-order valence-corrected chi connectivity index (χ1v) is 6.80. The molecule has 0 radical (unpaired) electrons. The largest absolute Gasteiger partial charge is 0.394 e. The monoisotopic (exact) mass is 377 g/mol. The van der Waals surface area contributed by atoms with Crippen molar-refractivity contribution < 1.29 is 20.1 Å². The highest BCUT2D eigenvalue weighted by molar-refractivity contribution is 14.1. The van der Waals surface area contributed by atoms with E-state index in [1.54, 1.807) is 17.0 Å². The van der Waals surface area contributed by atoms with Gasteiger partial charge < -0.3 is 24.6 Å². The van der Waals surface area contributed by atoms with Gasteiger partial charge in [-0.3, -0.25) is 0 Å². The zero-order valence-corrected chi connectivity index (χ0v) is 11.9. The van der Waals surface area contributed by atoms with Gasteiger partial charge in [0.25, 0.3) is 0 Å². The zero-order valence-electron chi connectivity index (χ0n) is 9.72. The quantitative estimate of drug-likeness (QED) is 0.619. The molecule has 19 heavy (non-hydrogen) atoms. The van der Waals surface area contributed by atoms with Gasteiger partial charge in [0.2, 0.25) is 0 Å². The first kappa shape index (κ1) is 13.2. The molecule has 1 aliphatic heterocycles. The lowest BCUT2D eigenvalue weighted by Gasteiger charge is -2.17. The van der Waals surface area contributed by atoms with Crippen LogP contribution >= 0.6 is 22.6 Å². The van der Waals surface area contributed by atoms with E-state index in [-0.39, 0.29) is 6.61 Å². The molecule has 0 amide bonds. The van der Waals surface area contributed by atoms with Crippen molar-refractivity contribution in [2.45, 2.75) is 24.5 Å². The third kappa shape index (κ3) is 2.03. The maximum atomic E-state index is 10.0. The Morgan fingerprint density at radius 3 is 2.84 bits per heavy atom. The molecule has 8 heteroatoms. The molecule has 3 N–H and O–H groups in total. The Morgan fingerprint density at radius 1 is 1.37 bits per heavy atom. The van der Waals surface area contributed by atoms with Gasteiger partial charge in [0.05, 0.1) is 12.0 Å². The summed E-state index contributed by atoms with van der Waals surface area (Å²) in [6.07, 6.45) is 1.08. The van der Waals surface area contributed by atoms with Gasteiger partial charge in [-0.25, -0.2) is 9.97 Å². The van der Waals surface area contributed by atoms with E-state index in [0.29, 0.717) is 5.65 Å². The smallest absolute Gasteiger partial charge is 0.164 e. The molecule has 0 aromatic carbocycles. The predicted molar refractivity (Wildman–Crippen MR) is 73.3 cm³/mol. The normalized spacial score (nSPS) is 31.2. The molecule has 0 aliphatic carbocycles. The average molecular weight is 377 g/mol. The van der Waals surface area contributed by atoms with Crippen LogP contribution in [0.3, 0.4) is 0 Å². The molecule has 3 heterocycles. The molecule has 1 aliphatic rings. The van der Waals surface area contributed by atoms with Crippen molar-refractivity contribution in [3.05, 3.63) is 22.3 Å². The highest BCUT2D eigenvalue weighted by Gasteiger charge is 2.43. The van der Waals surface area contributed by atoms with E-state index in [1.807, 2.05) is 0 Å². The molecule has 1 fully saturated rings. The summed E-state index contributed by atoms with van der Waals surface area (Å²) in [5.41, 5.74) is 0.620. The molecule has 2 aromatic rings. The highest BCUT2D eigenvalue weighted by atomic mass is 127. The van der Waals surface area contributed by atoms with Crippen molar-refractivity contribution in [3.63, 3.8) is 0 Å². The van der Waals surface area contributed by atoms with Crippen LogP contribution in [0.1, 0.15) is 6.23 Å². The fourth-order valence-electron chi connectivity index (χ4n) is 2.25. The molecule has 1 saturated heterocycles. The van der Waals surface area contributed by atoms with Crippen molar-refractivity contribution in [1.82, 2.24) is 14.5 Å². The molecule has 0 bridgehead atoms. The Hall–Kier alpha value is -0.810. The molecule has 4 unspecified atom stereocenters. The van der Waals surface area contributed by atoms with Gasteiger partial charge in [0.1, 0.15) is 30.3 Å². The Bertz CT molecular complexity index is 605. The summed E-state index contributed by atoms with van der Waals surface area (Å²) in [4.78, 5) is 8.13. The van der Waals surface area contributed by atoms with Crippen LogP contribution in [-0.2, 0) is 4.74 Å². The molecule has 2 aromatic heterocycles. The topological polar surface area (TPSA) is 101 Å². The number of aliphatic hydroxyl groups excluding tert-OH is 3. The number of nitrogens with zero attached hydrogens (tertiary/aromatic N) is 3. The zero-order chi connectivity index (χ0) is 13.6. The second-order valence-electron chi connectivity index (χ2n) is 4.37. The molecule has 7 nitrogen and oxygen atoms in total. The number of halogens is 1. The van der Waals surface area contributed by atoms with Crippen molar-refractivity contribution in [1.29, 1.82) is 0 Å². The number of rotatable bonds is 2. The van der Waals surface area contributed by atoms with Crippen LogP contribution in [0.15, 0.2) is 18.7 Å². The summed E-state index contributed by atoms with van der Waals surface area (Å²) >= 11 is 2.14. The van der Waals surface area contributed by atoms with Crippen LogP contribution in [-0.4, -0.2) is 54.8 Å². The van der Waals surface area contributed by atoms with E-state index >= 15 is 0 Å². The van der Waals surface area contributed by atoms with E-state index < -0.39 is 24.5 Å². The summed E-state index contributed by atoms with van der Waals surface area (Å²) in [5.74, 6) is 0. The van der Waals surface area contributed by atoms with Crippen LogP contribution in [0.5, 0.6) is 0 Å². The maximum Gasteiger partial charge on any atom is 0.164 e. The summed E-state index contributed by atoms with van der Waals surface area (Å²) in [7, 11) is 0. The summed E-state index contributed by atoms with van der Waals surface area (Å²) in [5, 5.41) is 29.8. The lowest BCUT2D eigenvalue weighted by atomic mass is 10.1. The maximum absolute atomic E-state index is 10.0. The van der Waals surface area contributed by atoms with Crippen LogP contribution in [0.4, 0.5) is 0 Å². The minimum atomic E-state index is -1.12. The average Bonchev–Trinajstić information content (AvgIpc) is 2.90.